The van der Waals surface area contributed by atoms with Gasteiger partial charge in [0.2, 0.25) is 0 Å². The van der Waals surface area contributed by atoms with Gasteiger partial charge in [-0.1, -0.05) is 0 Å². The average Bonchev–Trinajstić information content (AvgIpc) is 2.69. The number of hydrogen-bond acceptors (Lipinski definition) is 3. The van der Waals surface area contributed by atoms with E-state index >= 15 is 0 Å². The number of amides is 1. The van der Waals surface area contributed by atoms with Gasteiger partial charge in [0.05, 0.1) is 11.1 Å². The molecule has 0 spiro atoms. The van der Waals surface area contributed by atoms with Crippen molar-refractivity contribution in [1.82, 2.24) is 10.3 Å². The third-order valence-corrected chi connectivity index (χ3v) is 3.84. The Morgan fingerprint density at radius 3 is 2.50 bits per heavy atom. The van der Waals surface area contributed by atoms with E-state index in [0.29, 0.717) is 11.4 Å². The van der Waals surface area contributed by atoms with E-state index in [1.165, 1.54) is 0 Å². The number of anilines is 1. The number of carbonyl (C=O) groups excluding carboxylic acids is 1. The Morgan fingerprint density at radius 2 is 1.90 bits per heavy atom. The summed E-state index contributed by atoms with van der Waals surface area (Å²) >= 11 is 0. The topological polar surface area (TPSA) is 91.1 Å². The highest BCUT2D eigenvalue weighted by molar-refractivity contribution is 5.98. The molecule has 1 aromatic heterocycles. The van der Waals surface area contributed by atoms with Gasteiger partial charge in [-0.05, 0) is 52.0 Å². The fraction of sp³-hybridized carbons (Fsp3) is 0.400. The standard InChI is InChI=1S/C15H21N3O2/c1-14(2,15(3,4)20)18-13(19)12-8-9-7-10(16)5-6-11(9)17-12/h5-8,17,20H,16H2,1-4H3,(H,18,19). The Hall–Kier alpha value is -2.01. The highest BCUT2D eigenvalue weighted by Gasteiger charge is 2.36. The highest BCUT2D eigenvalue weighted by Crippen LogP contribution is 2.22. The first-order valence-corrected chi connectivity index (χ1v) is 6.53. The molecule has 0 aliphatic heterocycles. The molecule has 2 aromatic rings. The molecule has 0 saturated heterocycles. The molecule has 0 aliphatic rings. The van der Waals surface area contributed by atoms with Crippen LogP contribution in [0.4, 0.5) is 5.69 Å². The van der Waals surface area contributed by atoms with Crippen molar-refractivity contribution in [3.05, 3.63) is 30.0 Å². The summed E-state index contributed by atoms with van der Waals surface area (Å²) in [6.07, 6.45) is 0. The zero-order valence-corrected chi connectivity index (χ0v) is 12.2. The Balaban J connectivity index is 2.28. The Labute approximate surface area is 118 Å². The summed E-state index contributed by atoms with van der Waals surface area (Å²) in [5.74, 6) is -0.258. The summed E-state index contributed by atoms with van der Waals surface area (Å²) in [4.78, 5) is 15.3. The highest BCUT2D eigenvalue weighted by atomic mass is 16.3. The van der Waals surface area contributed by atoms with Crippen molar-refractivity contribution in [2.45, 2.75) is 38.8 Å². The van der Waals surface area contributed by atoms with Gasteiger partial charge in [-0.3, -0.25) is 4.79 Å². The molecular formula is C15H21N3O2. The maximum Gasteiger partial charge on any atom is 0.268 e. The predicted molar refractivity (Wildman–Crippen MR) is 80.6 cm³/mol. The number of nitrogens with two attached hydrogens (primary N) is 1. The van der Waals surface area contributed by atoms with E-state index in [9.17, 15) is 9.90 Å². The number of nitrogen functional groups attached to an aromatic ring is 1. The van der Waals surface area contributed by atoms with E-state index in [4.69, 9.17) is 5.73 Å². The van der Waals surface area contributed by atoms with Crippen molar-refractivity contribution in [3.63, 3.8) is 0 Å². The van der Waals surface area contributed by atoms with Crippen LogP contribution in [0.1, 0.15) is 38.2 Å². The van der Waals surface area contributed by atoms with Gasteiger partial charge < -0.3 is 21.1 Å². The van der Waals surface area contributed by atoms with Crippen LogP contribution in [0.25, 0.3) is 10.9 Å². The molecule has 0 aliphatic carbocycles. The second-order valence-electron chi connectivity index (χ2n) is 6.17. The summed E-state index contributed by atoms with van der Waals surface area (Å²) in [6.45, 7) is 6.90. The van der Waals surface area contributed by atoms with Crippen LogP contribution in [0.2, 0.25) is 0 Å². The van der Waals surface area contributed by atoms with Crippen molar-refractivity contribution in [1.29, 1.82) is 0 Å². The largest absolute Gasteiger partial charge is 0.399 e. The number of H-pyrrole nitrogens is 1. The molecule has 2 rings (SSSR count). The first kappa shape index (κ1) is 14.4. The normalized spacial score (nSPS) is 12.7. The number of benzene rings is 1. The van der Waals surface area contributed by atoms with Gasteiger partial charge in [-0.25, -0.2) is 0 Å². The molecule has 0 saturated carbocycles. The van der Waals surface area contributed by atoms with Crippen molar-refractivity contribution in [2.24, 2.45) is 0 Å². The average molecular weight is 275 g/mol. The van der Waals surface area contributed by atoms with E-state index in [1.54, 1.807) is 39.8 Å². The Bertz CT molecular complexity index is 651. The fourth-order valence-electron chi connectivity index (χ4n) is 1.78. The third kappa shape index (κ3) is 2.63. The lowest BCUT2D eigenvalue weighted by Crippen LogP contribution is -2.57. The number of nitrogens with one attached hydrogen (secondary N) is 2. The molecule has 20 heavy (non-hydrogen) atoms. The summed E-state index contributed by atoms with van der Waals surface area (Å²) in [5.41, 5.74) is 5.89. The van der Waals surface area contributed by atoms with Crippen LogP contribution < -0.4 is 11.1 Å². The monoisotopic (exact) mass is 275 g/mol. The van der Waals surface area contributed by atoms with Crippen molar-refractivity contribution in [3.8, 4) is 0 Å². The van der Waals surface area contributed by atoms with E-state index in [0.717, 1.165) is 10.9 Å². The zero-order valence-electron chi connectivity index (χ0n) is 12.2. The summed E-state index contributed by atoms with van der Waals surface area (Å²) < 4.78 is 0. The molecule has 1 amide bonds. The fourth-order valence-corrected chi connectivity index (χ4v) is 1.78. The van der Waals surface area contributed by atoms with Gasteiger partial charge in [0.1, 0.15) is 5.69 Å². The molecule has 0 atom stereocenters. The molecule has 108 valence electrons. The molecule has 5 N–H and O–H groups in total. The lowest BCUT2D eigenvalue weighted by atomic mass is 9.86. The number of rotatable bonds is 3. The van der Waals surface area contributed by atoms with Gasteiger partial charge in [-0.15, -0.1) is 0 Å². The number of aromatic amines is 1. The van der Waals surface area contributed by atoms with Crippen LogP contribution in [0.3, 0.4) is 0 Å². The molecule has 0 bridgehead atoms. The lowest BCUT2D eigenvalue weighted by Gasteiger charge is -2.37. The zero-order chi connectivity index (χ0) is 15.1. The predicted octanol–water partition coefficient (Wildman–Crippen LogP) is 2.03. The van der Waals surface area contributed by atoms with Crippen LogP contribution in [0.15, 0.2) is 24.3 Å². The molecule has 1 heterocycles. The molecule has 5 nitrogen and oxygen atoms in total. The second kappa shape index (κ2) is 4.52. The van der Waals surface area contributed by atoms with E-state index in [1.807, 2.05) is 12.1 Å². The minimum atomic E-state index is -1.03. The van der Waals surface area contributed by atoms with E-state index < -0.39 is 11.1 Å². The van der Waals surface area contributed by atoms with E-state index in [2.05, 4.69) is 10.3 Å². The van der Waals surface area contributed by atoms with Crippen LogP contribution in [0, 0.1) is 0 Å². The van der Waals surface area contributed by atoms with Gasteiger partial charge >= 0.3 is 0 Å². The first-order chi connectivity index (χ1) is 9.10. The first-order valence-electron chi connectivity index (χ1n) is 6.53. The molecule has 5 heteroatoms. The summed E-state index contributed by atoms with van der Waals surface area (Å²) in [6, 6.07) is 7.18. The van der Waals surface area contributed by atoms with Crippen molar-refractivity contribution < 1.29 is 9.90 Å². The number of hydrogen-bond donors (Lipinski definition) is 4. The number of fused-ring (bicyclic) bond motifs is 1. The van der Waals surface area contributed by atoms with Crippen molar-refractivity contribution in [2.75, 3.05) is 5.73 Å². The van der Waals surface area contributed by atoms with Crippen LogP contribution >= 0.6 is 0 Å². The number of carbonyl (C=O) groups is 1. The maximum atomic E-state index is 12.3. The Kier molecular flexibility index (Phi) is 3.26. The minimum Gasteiger partial charge on any atom is -0.399 e. The second-order valence-corrected chi connectivity index (χ2v) is 6.17. The molecule has 1 aromatic carbocycles. The van der Waals surface area contributed by atoms with Crippen LogP contribution in [-0.4, -0.2) is 27.1 Å². The van der Waals surface area contributed by atoms with Gasteiger partial charge in [0, 0.05) is 16.6 Å². The molecule has 0 unspecified atom stereocenters. The van der Waals surface area contributed by atoms with Gasteiger partial charge in [-0.2, -0.15) is 0 Å². The number of aromatic nitrogens is 1. The Morgan fingerprint density at radius 1 is 1.25 bits per heavy atom. The SMILES string of the molecule is CC(C)(O)C(C)(C)NC(=O)c1cc2cc(N)ccc2[nH]1. The molecule has 0 radical (unpaired) electrons. The maximum absolute atomic E-state index is 12.3. The van der Waals surface area contributed by atoms with Gasteiger partial charge in [0.15, 0.2) is 0 Å². The molecule has 0 fully saturated rings. The van der Waals surface area contributed by atoms with Crippen LogP contribution in [0.5, 0.6) is 0 Å². The smallest absolute Gasteiger partial charge is 0.268 e. The lowest BCUT2D eigenvalue weighted by molar-refractivity contribution is -0.00300. The van der Waals surface area contributed by atoms with Crippen molar-refractivity contribution >= 4 is 22.5 Å². The minimum absolute atomic E-state index is 0.258. The quantitative estimate of drug-likeness (QED) is 0.646. The number of aliphatic hydroxyl groups is 1. The molecular weight excluding hydrogens is 254 g/mol. The third-order valence-electron chi connectivity index (χ3n) is 3.84. The van der Waals surface area contributed by atoms with Gasteiger partial charge in [0.25, 0.3) is 5.91 Å². The van der Waals surface area contributed by atoms with E-state index in [-0.39, 0.29) is 5.91 Å². The summed E-state index contributed by atoms with van der Waals surface area (Å²) in [7, 11) is 0. The van der Waals surface area contributed by atoms with Crippen LogP contribution in [-0.2, 0) is 0 Å². The summed E-state index contributed by atoms with van der Waals surface area (Å²) in [5, 5.41) is 13.8.